The third kappa shape index (κ3) is 3.46. The molecule has 1 aromatic rings. The van der Waals surface area contributed by atoms with Crippen LogP contribution < -0.4 is 10.5 Å². The van der Waals surface area contributed by atoms with E-state index in [0.717, 1.165) is 25.7 Å². The number of nitrogens with zero attached hydrogens (tertiary/aromatic N) is 2. The van der Waals surface area contributed by atoms with Crippen molar-refractivity contribution >= 4 is 10.0 Å². The van der Waals surface area contributed by atoms with Gasteiger partial charge in [0.05, 0.1) is 17.9 Å². The van der Waals surface area contributed by atoms with Crippen LogP contribution in [-0.4, -0.2) is 31.3 Å². The molecule has 2 rings (SSSR count). The van der Waals surface area contributed by atoms with Crippen molar-refractivity contribution in [1.29, 1.82) is 0 Å². The highest BCUT2D eigenvalue weighted by Crippen LogP contribution is 2.49. The SMILES string of the molecule is CCCC1(CNS(=O)(=O)c2c(C)nn(CCN)c2C)CC1. The Labute approximate surface area is 127 Å². The summed E-state index contributed by atoms with van der Waals surface area (Å²) < 4.78 is 29.6. The Balaban J connectivity index is 2.16. The third-order valence-electron chi connectivity index (χ3n) is 4.30. The van der Waals surface area contributed by atoms with Gasteiger partial charge in [-0.25, -0.2) is 13.1 Å². The molecule has 0 unspecified atom stereocenters. The van der Waals surface area contributed by atoms with Crippen molar-refractivity contribution < 1.29 is 8.42 Å². The maximum Gasteiger partial charge on any atom is 0.244 e. The summed E-state index contributed by atoms with van der Waals surface area (Å²) in [6.07, 6.45) is 4.41. The average molecular weight is 314 g/mol. The Bertz CT molecular complexity index is 603. The molecule has 0 aromatic carbocycles. The normalized spacial score (nSPS) is 17.1. The fraction of sp³-hybridized carbons (Fsp3) is 0.786. The van der Waals surface area contributed by atoms with Crippen molar-refractivity contribution in [3.63, 3.8) is 0 Å². The number of hydrogen-bond donors (Lipinski definition) is 2. The Morgan fingerprint density at radius 1 is 1.38 bits per heavy atom. The van der Waals surface area contributed by atoms with E-state index in [4.69, 9.17) is 5.73 Å². The molecule has 120 valence electrons. The highest BCUT2D eigenvalue weighted by atomic mass is 32.2. The molecule has 1 aliphatic carbocycles. The first kappa shape index (κ1) is 16.5. The number of sulfonamides is 1. The number of hydrogen-bond acceptors (Lipinski definition) is 4. The van der Waals surface area contributed by atoms with Gasteiger partial charge in [0.2, 0.25) is 10.0 Å². The first-order valence-electron chi connectivity index (χ1n) is 7.59. The van der Waals surface area contributed by atoms with Gasteiger partial charge in [0.25, 0.3) is 0 Å². The molecule has 1 aromatic heterocycles. The van der Waals surface area contributed by atoms with Crippen molar-refractivity contribution in [2.45, 2.75) is 57.9 Å². The van der Waals surface area contributed by atoms with Crippen molar-refractivity contribution in [2.75, 3.05) is 13.1 Å². The number of rotatable bonds is 8. The quantitative estimate of drug-likeness (QED) is 0.757. The van der Waals surface area contributed by atoms with Crippen LogP contribution in [0.1, 0.15) is 44.0 Å². The summed E-state index contributed by atoms with van der Waals surface area (Å²) in [5, 5.41) is 4.28. The van der Waals surface area contributed by atoms with Crippen LogP contribution in [0.3, 0.4) is 0 Å². The molecule has 0 spiro atoms. The van der Waals surface area contributed by atoms with E-state index < -0.39 is 10.0 Å². The van der Waals surface area contributed by atoms with Crippen LogP contribution in [0.4, 0.5) is 0 Å². The smallest absolute Gasteiger partial charge is 0.244 e. The van der Waals surface area contributed by atoms with Crippen LogP contribution in [0.2, 0.25) is 0 Å². The van der Waals surface area contributed by atoms with Crippen molar-refractivity contribution in [1.82, 2.24) is 14.5 Å². The highest BCUT2D eigenvalue weighted by Gasteiger charge is 2.42. The molecule has 1 fully saturated rings. The molecule has 1 aliphatic rings. The van der Waals surface area contributed by atoms with E-state index in [0.29, 0.717) is 35.9 Å². The van der Waals surface area contributed by atoms with E-state index in [1.807, 2.05) is 0 Å². The molecule has 0 aliphatic heterocycles. The van der Waals surface area contributed by atoms with Crippen LogP contribution in [0, 0.1) is 19.3 Å². The predicted molar refractivity (Wildman–Crippen MR) is 82.5 cm³/mol. The molecule has 0 atom stereocenters. The number of nitrogens with one attached hydrogen (secondary N) is 1. The molecule has 0 saturated heterocycles. The van der Waals surface area contributed by atoms with Crippen LogP contribution >= 0.6 is 0 Å². The summed E-state index contributed by atoms with van der Waals surface area (Å²) in [4.78, 5) is 0.309. The Hall–Kier alpha value is -0.920. The minimum atomic E-state index is -3.50. The summed E-state index contributed by atoms with van der Waals surface area (Å²) in [6, 6.07) is 0. The van der Waals surface area contributed by atoms with E-state index in [-0.39, 0.29) is 5.41 Å². The highest BCUT2D eigenvalue weighted by molar-refractivity contribution is 7.89. The summed E-state index contributed by atoms with van der Waals surface area (Å²) in [6.45, 7) is 7.15. The van der Waals surface area contributed by atoms with Crippen LogP contribution in [0.5, 0.6) is 0 Å². The summed E-state index contributed by atoms with van der Waals surface area (Å²) in [5.74, 6) is 0. The first-order valence-corrected chi connectivity index (χ1v) is 9.07. The molecule has 0 bridgehead atoms. The first-order chi connectivity index (χ1) is 9.85. The summed E-state index contributed by atoms with van der Waals surface area (Å²) in [5.41, 5.74) is 6.91. The maximum atomic E-state index is 12.6. The monoisotopic (exact) mass is 314 g/mol. The molecular formula is C14H26N4O2S. The molecule has 0 amide bonds. The lowest BCUT2D eigenvalue weighted by atomic mass is 10.0. The molecule has 0 radical (unpaired) electrons. The van der Waals surface area contributed by atoms with Gasteiger partial charge < -0.3 is 5.73 Å². The second kappa shape index (κ2) is 6.06. The van der Waals surface area contributed by atoms with E-state index in [1.165, 1.54) is 0 Å². The molecule has 7 heteroatoms. The van der Waals surface area contributed by atoms with Gasteiger partial charge >= 0.3 is 0 Å². The van der Waals surface area contributed by atoms with Crippen LogP contribution in [0.25, 0.3) is 0 Å². The molecule has 21 heavy (non-hydrogen) atoms. The van der Waals surface area contributed by atoms with Gasteiger partial charge in [0, 0.05) is 13.1 Å². The van der Waals surface area contributed by atoms with Crippen molar-refractivity contribution in [3.05, 3.63) is 11.4 Å². The molecular weight excluding hydrogens is 288 g/mol. The summed E-state index contributed by atoms with van der Waals surface area (Å²) in [7, 11) is -3.50. The lowest BCUT2D eigenvalue weighted by molar-refractivity contribution is 0.449. The standard InChI is InChI=1S/C14H26N4O2S/c1-4-5-14(6-7-14)10-16-21(19,20)13-11(2)17-18(9-8-15)12(13)3/h16H,4-10,15H2,1-3H3. The number of aromatic nitrogens is 2. The van der Waals surface area contributed by atoms with Gasteiger partial charge in [-0.05, 0) is 38.5 Å². The van der Waals surface area contributed by atoms with E-state index in [9.17, 15) is 8.42 Å². The molecule has 3 N–H and O–H groups in total. The lowest BCUT2D eigenvalue weighted by Crippen LogP contribution is -2.31. The van der Waals surface area contributed by atoms with Crippen molar-refractivity contribution in [2.24, 2.45) is 11.1 Å². The minimum absolute atomic E-state index is 0.191. The summed E-state index contributed by atoms with van der Waals surface area (Å²) >= 11 is 0. The van der Waals surface area contributed by atoms with E-state index >= 15 is 0 Å². The number of nitrogens with two attached hydrogens (primary N) is 1. The molecule has 1 saturated carbocycles. The Morgan fingerprint density at radius 2 is 2.05 bits per heavy atom. The third-order valence-corrected chi connectivity index (χ3v) is 5.95. The van der Waals surface area contributed by atoms with Gasteiger partial charge in [-0.2, -0.15) is 5.10 Å². The van der Waals surface area contributed by atoms with Gasteiger partial charge in [-0.3, -0.25) is 4.68 Å². The fourth-order valence-corrected chi connectivity index (χ4v) is 4.52. The Kier molecular flexibility index (Phi) is 4.75. The lowest BCUT2D eigenvalue weighted by Gasteiger charge is -2.15. The average Bonchev–Trinajstić information content (AvgIpc) is 3.10. The zero-order valence-electron chi connectivity index (χ0n) is 13.1. The fourth-order valence-electron chi connectivity index (χ4n) is 2.95. The van der Waals surface area contributed by atoms with E-state index in [1.54, 1.807) is 18.5 Å². The maximum absolute atomic E-state index is 12.6. The predicted octanol–water partition coefficient (Wildman–Crippen LogP) is 1.32. The topological polar surface area (TPSA) is 90.0 Å². The van der Waals surface area contributed by atoms with Crippen LogP contribution in [0.15, 0.2) is 4.90 Å². The van der Waals surface area contributed by atoms with Crippen LogP contribution in [-0.2, 0) is 16.6 Å². The van der Waals surface area contributed by atoms with Gasteiger partial charge in [0.1, 0.15) is 4.90 Å². The Morgan fingerprint density at radius 3 is 2.57 bits per heavy atom. The second-order valence-corrected chi connectivity index (χ2v) is 7.79. The van der Waals surface area contributed by atoms with Gasteiger partial charge in [-0.15, -0.1) is 0 Å². The minimum Gasteiger partial charge on any atom is -0.329 e. The largest absolute Gasteiger partial charge is 0.329 e. The van der Waals surface area contributed by atoms with Gasteiger partial charge in [0.15, 0.2) is 0 Å². The van der Waals surface area contributed by atoms with E-state index in [2.05, 4.69) is 16.7 Å². The van der Waals surface area contributed by atoms with Crippen molar-refractivity contribution in [3.8, 4) is 0 Å². The number of aryl methyl sites for hydroxylation is 1. The van der Waals surface area contributed by atoms with Gasteiger partial charge in [-0.1, -0.05) is 13.3 Å². The zero-order chi connectivity index (χ0) is 15.7. The second-order valence-electron chi connectivity index (χ2n) is 6.09. The molecule has 1 heterocycles. The zero-order valence-corrected chi connectivity index (χ0v) is 14.0. The molecule has 6 nitrogen and oxygen atoms in total.